The van der Waals surface area contributed by atoms with Crippen molar-refractivity contribution in [3.8, 4) is 0 Å². The van der Waals surface area contributed by atoms with Gasteiger partial charge in [-0.1, -0.05) is 12.1 Å². The molecule has 0 bridgehead atoms. The maximum absolute atomic E-state index is 3.65. The van der Waals surface area contributed by atoms with Crippen LogP contribution in [0.2, 0.25) is 0 Å². The lowest BCUT2D eigenvalue weighted by molar-refractivity contribution is 0.654. The van der Waals surface area contributed by atoms with Gasteiger partial charge in [0, 0.05) is 16.2 Å². The van der Waals surface area contributed by atoms with Crippen molar-refractivity contribution in [2.24, 2.45) is 11.8 Å². The van der Waals surface area contributed by atoms with Crippen molar-refractivity contribution in [1.29, 1.82) is 0 Å². The van der Waals surface area contributed by atoms with E-state index in [1.165, 1.54) is 29.4 Å². The van der Waals surface area contributed by atoms with Crippen LogP contribution in [0.5, 0.6) is 0 Å². The molecule has 2 heteroatoms. The molecule has 1 nitrogen and oxygen atoms in total. The Balaban J connectivity index is 1.74. The maximum Gasteiger partial charge on any atom is 0.0486 e. The Morgan fingerprint density at radius 3 is 2.71 bits per heavy atom. The SMILES string of the molecule is Brc1ccccc1NC1CCC2CC21. The lowest BCUT2D eigenvalue weighted by Gasteiger charge is -2.16. The van der Waals surface area contributed by atoms with Crippen molar-refractivity contribution in [2.45, 2.75) is 25.3 Å². The molecule has 0 aromatic heterocycles. The molecule has 74 valence electrons. The second kappa shape index (κ2) is 3.27. The molecule has 2 aliphatic rings. The molecule has 2 aliphatic carbocycles. The summed E-state index contributed by atoms with van der Waals surface area (Å²) in [4.78, 5) is 0. The summed E-state index contributed by atoms with van der Waals surface area (Å²) in [6.45, 7) is 0. The highest BCUT2D eigenvalue weighted by Crippen LogP contribution is 2.52. The van der Waals surface area contributed by atoms with E-state index in [4.69, 9.17) is 0 Å². The monoisotopic (exact) mass is 251 g/mol. The predicted molar refractivity (Wildman–Crippen MR) is 62.4 cm³/mol. The highest BCUT2D eigenvalue weighted by atomic mass is 79.9. The first kappa shape index (κ1) is 8.78. The van der Waals surface area contributed by atoms with Crippen molar-refractivity contribution in [3.63, 3.8) is 0 Å². The highest BCUT2D eigenvalue weighted by Gasteiger charge is 2.47. The van der Waals surface area contributed by atoms with E-state index in [9.17, 15) is 0 Å². The second-order valence-electron chi connectivity index (χ2n) is 4.47. The number of para-hydroxylation sites is 1. The summed E-state index contributed by atoms with van der Waals surface area (Å²) in [7, 11) is 0. The fourth-order valence-electron chi connectivity index (χ4n) is 2.66. The molecule has 1 aromatic rings. The van der Waals surface area contributed by atoms with Crippen molar-refractivity contribution in [2.75, 3.05) is 5.32 Å². The van der Waals surface area contributed by atoms with Gasteiger partial charge in [-0.15, -0.1) is 0 Å². The summed E-state index contributed by atoms with van der Waals surface area (Å²) in [6.07, 6.45) is 4.26. The minimum Gasteiger partial charge on any atom is -0.381 e. The van der Waals surface area contributed by atoms with Gasteiger partial charge in [0.05, 0.1) is 0 Å². The Labute approximate surface area is 93.0 Å². The molecule has 0 heterocycles. The first-order chi connectivity index (χ1) is 6.84. The van der Waals surface area contributed by atoms with Gasteiger partial charge in [-0.3, -0.25) is 0 Å². The largest absolute Gasteiger partial charge is 0.381 e. The Bertz CT molecular complexity index is 350. The van der Waals surface area contributed by atoms with Crippen LogP contribution in [-0.2, 0) is 0 Å². The molecule has 3 rings (SSSR count). The number of halogens is 1. The smallest absolute Gasteiger partial charge is 0.0486 e. The van der Waals surface area contributed by atoms with Gasteiger partial charge in [-0.05, 0) is 59.2 Å². The molecule has 2 fully saturated rings. The number of nitrogens with one attached hydrogen (secondary N) is 1. The van der Waals surface area contributed by atoms with E-state index in [-0.39, 0.29) is 0 Å². The zero-order valence-electron chi connectivity index (χ0n) is 8.04. The fraction of sp³-hybridized carbons (Fsp3) is 0.500. The molecule has 0 saturated heterocycles. The molecule has 3 atom stereocenters. The standard InChI is InChI=1S/C12H14BrN/c13-10-3-1-2-4-12(10)14-11-6-5-8-7-9(8)11/h1-4,8-9,11,14H,5-7H2. The number of hydrogen-bond acceptors (Lipinski definition) is 1. The summed E-state index contributed by atoms with van der Waals surface area (Å²) in [5.74, 6) is 2.03. The Morgan fingerprint density at radius 2 is 2.07 bits per heavy atom. The first-order valence-corrected chi connectivity index (χ1v) is 6.15. The summed E-state index contributed by atoms with van der Waals surface area (Å²) in [5.41, 5.74) is 1.25. The molecule has 14 heavy (non-hydrogen) atoms. The molecule has 0 radical (unpaired) electrons. The van der Waals surface area contributed by atoms with Crippen molar-refractivity contribution in [3.05, 3.63) is 28.7 Å². The molecule has 1 aromatic carbocycles. The molecule has 0 amide bonds. The topological polar surface area (TPSA) is 12.0 Å². The Hall–Kier alpha value is -0.500. The fourth-order valence-corrected chi connectivity index (χ4v) is 3.06. The summed E-state index contributed by atoms with van der Waals surface area (Å²) in [5, 5.41) is 3.65. The third-order valence-electron chi connectivity index (χ3n) is 3.56. The molecule has 3 unspecified atom stereocenters. The highest BCUT2D eigenvalue weighted by molar-refractivity contribution is 9.10. The number of fused-ring (bicyclic) bond motifs is 1. The molecule has 1 N–H and O–H groups in total. The van der Waals surface area contributed by atoms with Gasteiger partial charge in [0.15, 0.2) is 0 Å². The molecular formula is C12H14BrN. The number of anilines is 1. The average Bonchev–Trinajstić information content (AvgIpc) is 2.87. The predicted octanol–water partition coefficient (Wildman–Crippen LogP) is 3.66. The summed E-state index contributed by atoms with van der Waals surface area (Å²) in [6, 6.07) is 9.14. The van der Waals surface area contributed by atoms with Crippen LogP contribution in [0, 0.1) is 11.8 Å². The minimum absolute atomic E-state index is 0.735. The van der Waals surface area contributed by atoms with Gasteiger partial charge < -0.3 is 5.32 Å². The van der Waals surface area contributed by atoms with E-state index in [1.54, 1.807) is 0 Å². The van der Waals surface area contributed by atoms with Gasteiger partial charge in [0.2, 0.25) is 0 Å². The average molecular weight is 252 g/mol. The van der Waals surface area contributed by atoms with Gasteiger partial charge >= 0.3 is 0 Å². The Morgan fingerprint density at radius 1 is 1.21 bits per heavy atom. The van der Waals surface area contributed by atoms with Gasteiger partial charge in [0.1, 0.15) is 0 Å². The van der Waals surface area contributed by atoms with E-state index in [2.05, 4.69) is 45.5 Å². The van der Waals surface area contributed by atoms with Crippen LogP contribution in [0.15, 0.2) is 28.7 Å². The Kier molecular flexibility index (Phi) is 2.05. The number of rotatable bonds is 2. The van der Waals surface area contributed by atoms with E-state index < -0.39 is 0 Å². The van der Waals surface area contributed by atoms with Crippen molar-refractivity contribution in [1.82, 2.24) is 0 Å². The minimum atomic E-state index is 0.735. The summed E-state index contributed by atoms with van der Waals surface area (Å²) >= 11 is 3.57. The normalized spacial score (nSPS) is 33.9. The molecular weight excluding hydrogens is 238 g/mol. The van der Waals surface area contributed by atoms with E-state index in [0.29, 0.717) is 0 Å². The lowest BCUT2D eigenvalue weighted by atomic mass is 10.1. The van der Waals surface area contributed by atoms with Crippen LogP contribution in [0.3, 0.4) is 0 Å². The van der Waals surface area contributed by atoms with Crippen LogP contribution in [0.25, 0.3) is 0 Å². The van der Waals surface area contributed by atoms with Crippen LogP contribution in [0.1, 0.15) is 19.3 Å². The van der Waals surface area contributed by atoms with E-state index in [0.717, 1.165) is 17.9 Å². The van der Waals surface area contributed by atoms with Crippen LogP contribution < -0.4 is 5.32 Å². The van der Waals surface area contributed by atoms with Crippen LogP contribution >= 0.6 is 15.9 Å². The molecule has 0 aliphatic heterocycles. The second-order valence-corrected chi connectivity index (χ2v) is 5.32. The van der Waals surface area contributed by atoms with E-state index in [1.807, 2.05) is 0 Å². The van der Waals surface area contributed by atoms with Crippen LogP contribution in [-0.4, -0.2) is 6.04 Å². The zero-order valence-corrected chi connectivity index (χ0v) is 9.63. The lowest BCUT2D eigenvalue weighted by Crippen LogP contribution is -2.18. The quantitative estimate of drug-likeness (QED) is 0.846. The number of benzene rings is 1. The molecule has 0 spiro atoms. The van der Waals surface area contributed by atoms with Crippen molar-refractivity contribution >= 4 is 21.6 Å². The maximum atomic E-state index is 3.65. The van der Waals surface area contributed by atoms with Gasteiger partial charge in [-0.25, -0.2) is 0 Å². The van der Waals surface area contributed by atoms with Gasteiger partial charge in [0.25, 0.3) is 0 Å². The summed E-state index contributed by atoms with van der Waals surface area (Å²) < 4.78 is 1.18. The third-order valence-corrected chi connectivity index (χ3v) is 4.25. The number of hydrogen-bond donors (Lipinski definition) is 1. The zero-order chi connectivity index (χ0) is 9.54. The van der Waals surface area contributed by atoms with Gasteiger partial charge in [-0.2, -0.15) is 0 Å². The first-order valence-electron chi connectivity index (χ1n) is 5.35. The third kappa shape index (κ3) is 1.46. The van der Waals surface area contributed by atoms with E-state index >= 15 is 0 Å². The van der Waals surface area contributed by atoms with Crippen molar-refractivity contribution < 1.29 is 0 Å². The molecule has 2 saturated carbocycles. The van der Waals surface area contributed by atoms with Crippen LogP contribution in [0.4, 0.5) is 5.69 Å².